The van der Waals surface area contributed by atoms with Crippen LogP contribution in [-0.4, -0.2) is 14.9 Å². The van der Waals surface area contributed by atoms with Crippen LogP contribution in [0.25, 0.3) is 0 Å². The van der Waals surface area contributed by atoms with Crippen LogP contribution in [0.4, 0.5) is 11.4 Å². The number of benzene rings is 1. The second-order valence-corrected chi connectivity index (χ2v) is 3.76. The predicted octanol–water partition coefficient (Wildman–Crippen LogP) is 2.23. The number of para-hydroxylation sites is 1. The molecule has 0 radical (unpaired) electrons. The molecular weight excluding hydrogens is 220 g/mol. The fourth-order valence-corrected chi connectivity index (χ4v) is 1.54. The van der Waals surface area contributed by atoms with E-state index in [0.29, 0.717) is 5.11 Å². The molecule has 0 amide bonds. The van der Waals surface area contributed by atoms with Crippen molar-refractivity contribution in [3.05, 3.63) is 42.7 Å². The van der Waals surface area contributed by atoms with Crippen molar-refractivity contribution in [2.45, 2.75) is 0 Å². The van der Waals surface area contributed by atoms with E-state index in [4.69, 9.17) is 12.2 Å². The number of hydrogen-bond donors (Lipinski definition) is 2. The highest BCUT2D eigenvalue weighted by atomic mass is 32.1. The zero-order chi connectivity index (χ0) is 11.4. The molecule has 0 saturated carbocycles. The Morgan fingerprint density at radius 2 is 1.88 bits per heavy atom. The molecular formula is C11H12N4S. The SMILES string of the molecule is Cn1cc(NC(=S)Nc2ccccc2)cn1. The van der Waals surface area contributed by atoms with Crippen molar-refractivity contribution in [2.24, 2.45) is 7.05 Å². The molecule has 2 N–H and O–H groups in total. The van der Waals surface area contributed by atoms with Crippen LogP contribution < -0.4 is 10.6 Å². The minimum Gasteiger partial charge on any atom is -0.332 e. The van der Waals surface area contributed by atoms with Crippen LogP contribution >= 0.6 is 12.2 Å². The molecule has 0 aliphatic heterocycles. The normalized spacial score (nSPS) is 9.81. The molecule has 0 spiro atoms. The zero-order valence-electron chi connectivity index (χ0n) is 8.84. The quantitative estimate of drug-likeness (QED) is 0.779. The summed E-state index contributed by atoms with van der Waals surface area (Å²) in [5.41, 5.74) is 1.83. The second-order valence-electron chi connectivity index (χ2n) is 3.35. The highest BCUT2D eigenvalue weighted by Gasteiger charge is 1.99. The Morgan fingerprint density at radius 1 is 1.19 bits per heavy atom. The van der Waals surface area contributed by atoms with Gasteiger partial charge in [-0.1, -0.05) is 18.2 Å². The van der Waals surface area contributed by atoms with Gasteiger partial charge in [-0.05, 0) is 24.4 Å². The summed E-state index contributed by atoms with van der Waals surface area (Å²) in [6.45, 7) is 0. The number of nitrogens with zero attached hydrogens (tertiary/aromatic N) is 2. The van der Waals surface area contributed by atoms with Crippen molar-refractivity contribution in [2.75, 3.05) is 10.6 Å². The molecule has 0 aliphatic rings. The Balaban J connectivity index is 1.95. The van der Waals surface area contributed by atoms with Crippen LogP contribution in [0.3, 0.4) is 0 Å². The lowest BCUT2D eigenvalue weighted by atomic mass is 10.3. The van der Waals surface area contributed by atoms with Crippen LogP contribution in [0, 0.1) is 0 Å². The summed E-state index contributed by atoms with van der Waals surface area (Å²) in [5.74, 6) is 0. The molecule has 0 unspecified atom stereocenters. The Morgan fingerprint density at radius 3 is 2.50 bits per heavy atom. The van der Waals surface area contributed by atoms with Crippen molar-refractivity contribution in [3.63, 3.8) is 0 Å². The molecule has 4 nitrogen and oxygen atoms in total. The molecule has 1 heterocycles. The fourth-order valence-electron chi connectivity index (χ4n) is 1.30. The van der Waals surface area contributed by atoms with Gasteiger partial charge in [-0.25, -0.2) is 0 Å². The van der Waals surface area contributed by atoms with Crippen LogP contribution in [0.5, 0.6) is 0 Å². The third-order valence-electron chi connectivity index (χ3n) is 1.99. The van der Waals surface area contributed by atoms with E-state index in [1.54, 1.807) is 10.9 Å². The molecule has 16 heavy (non-hydrogen) atoms. The summed E-state index contributed by atoms with van der Waals surface area (Å²) in [6, 6.07) is 9.78. The van der Waals surface area contributed by atoms with Crippen molar-refractivity contribution in [1.29, 1.82) is 0 Å². The highest BCUT2D eigenvalue weighted by molar-refractivity contribution is 7.80. The summed E-state index contributed by atoms with van der Waals surface area (Å²) in [7, 11) is 1.86. The molecule has 1 aromatic heterocycles. The van der Waals surface area contributed by atoms with E-state index in [9.17, 15) is 0 Å². The molecule has 82 valence electrons. The van der Waals surface area contributed by atoms with Crippen LogP contribution in [0.1, 0.15) is 0 Å². The average molecular weight is 232 g/mol. The van der Waals surface area contributed by atoms with E-state index in [2.05, 4.69) is 15.7 Å². The number of aromatic nitrogens is 2. The highest BCUT2D eigenvalue weighted by Crippen LogP contribution is 2.07. The summed E-state index contributed by atoms with van der Waals surface area (Å²) in [5, 5.41) is 10.7. The molecule has 0 aliphatic carbocycles. The minimum absolute atomic E-state index is 0.555. The first kappa shape index (κ1) is 10.6. The number of thiocarbonyl (C=S) groups is 1. The van der Waals surface area contributed by atoms with Gasteiger partial charge in [0.15, 0.2) is 5.11 Å². The van der Waals surface area contributed by atoms with E-state index < -0.39 is 0 Å². The Bertz CT molecular complexity index is 478. The van der Waals surface area contributed by atoms with Crippen molar-refractivity contribution in [1.82, 2.24) is 9.78 Å². The summed E-state index contributed by atoms with van der Waals surface area (Å²) in [4.78, 5) is 0. The zero-order valence-corrected chi connectivity index (χ0v) is 9.66. The van der Waals surface area contributed by atoms with Gasteiger partial charge in [-0.15, -0.1) is 0 Å². The maximum absolute atomic E-state index is 5.17. The first-order valence-electron chi connectivity index (χ1n) is 4.86. The van der Waals surface area contributed by atoms with Gasteiger partial charge < -0.3 is 10.6 Å². The van der Waals surface area contributed by atoms with Gasteiger partial charge in [-0.3, -0.25) is 4.68 Å². The summed E-state index contributed by atoms with van der Waals surface area (Å²) < 4.78 is 1.72. The smallest absolute Gasteiger partial charge is 0.175 e. The van der Waals surface area contributed by atoms with Gasteiger partial charge in [-0.2, -0.15) is 5.10 Å². The Hall–Kier alpha value is -1.88. The lowest BCUT2D eigenvalue weighted by Crippen LogP contribution is -2.18. The van der Waals surface area contributed by atoms with E-state index >= 15 is 0 Å². The van der Waals surface area contributed by atoms with Gasteiger partial charge in [0.05, 0.1) is 11.9 Å². The van der Waals surface area contributed by atoms with Crippen LogP contribution in [0.15, 0.2) is 42.7 Å². The average Bonchev–Trinajstić information content (AvgIpc) is 2.65. The lowest BCUT2D eigenvalue weighted by Gasteiger charge is -2.08. The number of aryl methyl sites for hydroxylation is 1. The first-order valence-corrected chi connectivity index (χ1v) is 5.26. The van der Waals surface area contributed by atoms with E-state index in [1.807, 2.05) is 43.6 Å². The van der Waals surface area contributed by atoms with E-state index in [1.165, 1.54) is 0 Å². The molecule has 0 fully saturated rings. The number of nitrogens with one attached hydrogen (secondary N) is 2. The second kappa shape index (κ2) is 4.76. The van der Waals surface area contributed by atoms with E-state index in [0.717, 1.165) is 11.4 Å². The minimum atomic E-state index is 0.555. The van der Waals surface area contributed by atoms with Crippen molar-refractivity contribution < 1.29 is 0 Å². The number of hydrogen-bond acceptors (Lipinski definition) is 2. The van der Waals surface area contributed by atoms with Gasteiger partial charge in [0.25, 0.3) is 0 Å². The third kappa shape index (κ3) is 2.80. The summed E-state index contributed by atoms with van der Waals surface area (Å²) in [6.07, 6.45) is 3.58. The number of rotatable bonds is 2. The Labute approximate surface area is 99.3 Å². The van der Waals surface area contributed by atoms with Crippen LogP contribution in [0.2, 0.25) is 0 Å². The summed E-state index contributed by atoms with van der Waals surface area (Å²) >= 11 is 5.17. The standard InChI is InChI=1S/C11H12N4S/c1-15-8-10(7-12-15)14-11(16)13-9-5-3-2-4-6-9/h2-8H,1H3,(H2,13,14,16). The first-order chi connectivity index (χ1) is 7.74. The van der Waals surface area contributed by atoms with Gasteiger partial charge in [0, 0.05) is 18.9 Å². The van der Waals surface area contributed by atoms with Gasteiger partial charge in [0.1, 0.15) is 0 Å². The fraction of sp³-hybridized carbons (Fsp3) is 0.0909. The molecule has 2 aromatic rings. The molecule has 1 aromatic carbocycles. The molecule has 2 rings (SSSR count). The number of anilines is 2. The monoisotopic (exact) mass is 232 g/mol. The van der Waals surface area contributed by atoms with Crippen LogP contribution in [-0.2, 0) is 7.05 Å². The molecule has 5 heteroatoms. The lowest BCUT2D eigenvalue weighted by molar-refractivity contribution is 0.768. The third-order valence-corrected chi connectivity index (χ3v) is 2.20. The van der Waals surface area contributed by atoms with Crippen molar-refractivity contribution in [3.8, 4) is 0 Å². The molecule has 0 saturated heterocycles. The van der Waals surface area contributed by atoms with E-state index in [-0.39, 0.29) is 0 Å². The predicted molar refractivity (Wildman–Crippen MR) is 69.5 cm³/mol. The largest absolute Gasteiger partial charge is 0.332 e. The maximum atomic E-state index is 5.17. The molecule has 0 atom stereocenters. The molecule has 0 bridgehead atoms. The topological polar surface area (TPSA) is 41.9 Å². The van der Waals surface area contributed by atoms with Crippen molar-refractivity contribution >= 4 is 28.7 Å². The maximum Gasteiger partial charge on any atom is 0.175 e. The van der Waals surface area contributed by atoms with Gasteiger partial charge in [0.2, 0.25) is 0 Å². The Kier molecular flexibility index (Phi) is 3.16. The van der Waals surface area contributed by atoms with Gasteiger partial charge >= 0.3 is 0 Å².